The Bertz CT molecular complexity index is 249. The number of amides is 1. The van der Waals surface area contributed by atoms with Gasteiger partial charge in [-0.1, -0.05) is 6.92 Å². The molecule has 4 heteroatoms. The van der Waals surface area contributed by atoms with Gasteiger partial charge in [0, 0.05) is 31.1 Å². The van der Waals surface area contributed by atoms with Crippen molar-refractivity contribution in [2.24, 2.45) is 5.73 Å². The van der Waals surface area contributed by atoms with Crippen LogP contribution in [0.4, 0.5) is 0 Å². The lowest BCUT2D eigenvalue weighted by Gasteiger charge is -2.29. The Balaban J connectivity index is 1.79. The van der Waals surface area contributed by atoms with E-state index in [-0.39, 0.29) is 11.9 Å². The van der Waals surface area contributed by atoms with Crippen molar-refractivity contribution in [3.05, 3.63) is 0 Å². The highest BCUT2D eigenvalue weighted by Gasteiger charge is 2.33. The number of hydrogen-bond donors (Lipinski definition) is 2. The van der Waals surface area contributed by atoms with Crippen molar-refractivity contribution >= 4 is 5.91 Å². The number of hydrogen-bond acceptors (Lipinski definition) is 3. The summed E-state index contributed by atoms with van der Waals surface area (Å²) in [6.45, 7) is 3.74. The van der Waals surface area contributed by atoms with Crippen molar-refractivity contribution in [3.63, 3.8) is 0 Å². The zero-order valence-corrected chi connectivity index (χ0v) is 10.1. The minimum atomic E-state index is 0.178. The van der Waals surface area contributed by atoms with Gasteiger partial charge in [-0.05, 0) is 32.2 Å². The lowest BCUT2D eigenvalue weighted by Crippen LogP contribution is -2.45. The molecule has 1 amide bonds. The van der Waals surface area contributed by atoms with E-state index in [1.54, 1.807) is 0 Å². The Labute approximate surface area is 97.6 Å². The Kier molecular flexibility index (Phi) is 3.82. The highest BCUT2D eigenvalue weighted by atomic mass is 16.1. The van der Waals surface area contributed by atoms with Crippen LogP contribution < -0.4 is 11.1 Å². The van der Waals surface area contributed by atoms with Gasteiger partial charge >= 0.3 is 0 Å². The van der Waals surface area contributed by atoms with Crippen molar-refractivity contribution < 1.29 is 4.79 Å². The van der Waals surface area contributed by atoms with Crippen LogP contribution in [0, 0.1) is 0 Å². The SMILES string of the molecule is CCN(C1CC1)C(CN)CC(=O)NC1CC1. The van der Waals surface area contributed by atoms with Gasteiger partial charge in [-0.3, -0.25) is 9.69 Å². The molecule has 16 heavy (non-hydrogen) atoms. The average Bonchev–Trinajstić information content (AvgIpc) is 3.09. The molecular weight excluding hydrogens is 202 g/mol. The molecule has 0 heterocycles. The van der Waals surface area contributed by atoms with Crippen LogP contribution in [0.1, 0.15) is 39.0 Å². The molecule has 0 spiro atoms. The van der Waals surface area contributed by atoms with Crippen LogP contribution in [-0.4, -0.2) is 42.0 Å². The Morgan fingerprint density at radius 3 is 2.56 bits per heavy atom. The lowest BCUT2D eigenvalue weighted by atomic mass is 10.1. The largest absolute Gasteiger partial charge is 0.353 e. The number of carbonyl (C=O) groups excluding carboxylic acids is 1. The molecule has 92 valence electrons. The molecule has 2 aliphatic rings. The summed E-state index contributed by atoms with van der Waals surface area (Å²) in [5, 5.41) is 3.04. The Hall–Kier alpha value is -0.610. The second kappa shape index (κ2) is 5.15. The zero-order chi connectivity index (χ0) is 11.5. The first kappa shape index (κ1) is 11.9. The highest BCUT2D eigenvalue weighted by Crippen LogP contribution is 2.29. The van der Waals surface area contributed by atoms with Gasteiger partial charge < -0.3 is 11.1 Å². The molecule has 0 aliphatic heterocycles. The number of nitrogens with one attached hydrogen (secondary N) is 1. The second-order valence-corrected chi connectivity index (χ2v) is 5.00. The van der Waals surface area contributed by atoms with E-state index in [1.165, 1.54) is 12.8 Å². The Morgan fingerprint density at radius 1 is 1.44 bits per heavy atom. The first-order valence-electron chi connectivity index (χ1n) is 6.49. The van der Waals surface area contributed by atoms with Gasteiger partial charge in [0.2, 0.25) is 5.91 Å². The molecule has 0 aromatic carbocycles. The average molecular weight is 225 g/mol. The van der Waals surface area contributed by atoms with Crippen LogP contribution in [0.5, 0.6) is 0 Å². The van der Waals surface area contributed by atoms with Gasteiger partial charge in [-0.2, -0.15) is 0 Å². The number of carbonyl (C=O) groups is 1. The summed E-state index contributed by atoms with van der Waals surface area (Å²) in [6.07, 6.45) is 5.42. The van der Waals surface area contributed by atoms with E-state index in [0.29, 0.717) is 25.0 Å². The number of nitrogens with zero attached hydrogens (tertiary/aromatic N) is 1. The van der Waals surface area contributed by atoms with E-state index < -0.39 is 0 Å². The third-order valence-corrected chi connectivity index (χ3v) is 3.49. The minimum absolute atomic E-state index is 0.178. The Morgan fingerprint density at radius 2 is 2.12 bits per heavy atom. The molecule has 2 fully saturated rings. The van der Waals surface area contributed by atoms with E-state index >= 15 is 0 Å². The summed E-state index contributed by atoms with van der Waals surface area (Å²) >= 11 is 0. The summed E-state index contributed by atoms with van der Waals surface area (Å²) in [6, 6.07) is 1.38. The molecule has 0 aromatic heterocycles. The fourth-order valence-electron chi connectivity index (χ4n) is 2.28. The maximum atomic E-state index is 11.7. The molecule has 2 saturated carbocycles. The van der Waals surface area contributed by atoms with Gasteiger partial charge in [-0.25, -0.2) is 0 Å². The fraction of sp³-hybridized carbons (Fsp3) is 0.917. The summed E-state index contributed by atoms with van der Waals surface area (Å²) in [5.41, 5.74) is 5.79. The van der Waals surface area contributed by atoms with Crippen LogP contribution in [0.25, 0.3) is 0 Å². The van der Waals surface area contributed by atoms with Crippen molar-refractivity contribution in [3.8, 4) is 0 Å². The topological polar surface area (TPSA) is 58.4 Å². The van der Waals surface area contributed by atoms with Crippen molar-refractivity contribution in [1.29, 1.82) is 0 Å². The molecule has 1 atom stereocenters. The van der Waals surface area contributed by atoms with Gasteiger partial charge in [-0.15, -0.1) is 0 Å². The molecule has 1 unspecified atom stereocenters. The standard InChI is InChI=1S/C12H23N3O/c1-2-15(10-5-6-10)11(8-13)7-12(16)14-9-3-4-9/h9-11H,2-8,13H2,1H3,(H,14,16). The zero-order valence-electron chi connectivity index (χ0n) is 10.1. The van der Waals surface area contributed by atoms with E-state index in [9.17, 15) is 4.79 Å². The molecule has 3 N–H and O–H groups in total. The molecule has 0 bridgehead atoms. The monoisotopic (exact) mass is 225 g/mol. The molecule has 2 aliphatic carbocycles. The van der Waals surface area contributed by atoms with E-state index in [0.717, 1.165) is 19.4 Å². The van der Waals surface area contributed by atoms with Gasteiger partial charge in [0.25, 0.3) is 0 Å². The summed E-state index contributed by atoms with van der Waals surface area (Å²) < 4.78 is 0. The highest BCUT2D eigenvalue weighted by molar-refractivity contribution is 5.77. The van der Waals surface area contributed by atoms with Crippen LogP contribution in [0.2, 0.25) is 0 Å². The summed E-state index contributed by atoms with van der Waals surface area (Å²) in [7, 11) is 0. The van der Waals surface area contributed by atoms with Crippen molar-refractivity contribution in [1.82, 2.24) is 10.2 Å². The summed E-state index contributed by atoms with van der Waals surface area (Å²) in [4.78, 5) is 14.1. The van der Waals surface area contributed by atoms with Crippen molar-refractivity contribution in [2.75, 3.05) is 13.1 Å². The molecule has 4 nitrogen and oxygen atoms in total. The van der Waals surface area contributed by atoms with Crippen LogP contribution in [0.15, 0.2) is 0 Å². The summed E-state index contributed by atoms with van der Waals surface area (Å²) in [5.74, 6) is 0.178. The van der Waals surface area contributed by atoms with E-state index in [2.05, 4.69) is 17.1 Å². The minimum Gasteiger partial charge on any atom is -0.353 e. The molecule has 0 radical (unpaired) electrons. The number of rotatable bonds is 7. The van der Waals surface area contributed by atoms with Crippen molar-refractivity contribution in [2.45, 2.75) is 57.2 Å². The first-order valence-corrected chi connectivity index (χ1v) is 6.49. The van der Waals surface area contributed by atoms with Crippen LogP contribution in [-0.2, 0) is 4.79 Å². The van der Waals surface area contributed by atoms with Crippen LogP contribution >= 0.6 is 0 Å². The van der Waals surface area contributed by atoms with Gasteiger partial charge in [0.05, 0.1) is 0 Å². The third kappa shape index (κ3) is 3.19. The maximum absolute atomic E-state index is 11.7. The molecule has 0 saturated heterocycles. The predicted molar refractivity (Wildman–Crippen MR) is 64.0 cm³/mol. The molecule has 2 rings (SSSR count). The van der Waals surface area contributed by atoms with Crippen LogP contribution in [0.3, 0.4) is 0 Å². The quantitative estimate of drug-likeness (QED) is 0.662. The third-order valence-electron chi connectivity index (χ3n) is 3.49. The fourth-order valence-corrected chi connectivity index (χ4v) is 2.28. The first-order chi connectivity index (χ1) is 7.74. The van der Waals surface area contributed by atoms with Gasteiger partial charge in [0.15, 0.2) is 0 Å². The maximum Gasteiger partial charge on any atom is 0.221 e. The lowest BCUT2D eigenvalue weighted by molar-refractivity contribution is -0.122. The van der Waals surface area contributed by atoms with E-state index in [4.69, 9.17) is 5.73 Å². The second-order valence-electron chi connectivity index (χ2n) is 5.00. The van der Waals surface area contributed by atoms with E-state index in [1.807, 2.05) is 0 Å². The number of nitrogens with two attached hydrogens (primary N) is 1. The smallest absolute Gasteiger partial charge is 0.221 e. The normalized spacial score (nSPS) is 22.2. The number of likely N-dealkylation sites (N-methyl/N-ethyl adjacent to an activating group) is 1. The molecular formula is C12H23N3O. The van der Waals surface area contributed by atoms with Gasteiger partial charge in [0.1, 0.15) is 0 Å². The predicted octanol–water partition coefficient (Wildman–Crippen LogP) is 0.467. The molecule has 0 aromatic rings.